The lowest BCUT2D eigenvalue weighted by atomic mass is 9.82. The normalized spacial score (nSPS) is 20.1. The van der Waals surface area contributed by atoms with E-state index in [4.69, 9.17) is 5.73 Å². The summed E-state index contributed by atoms with van der Waals surface area (Å²) in [6.45, 7) is 0. The smallest absolute Gasteiger partial charge is 0.0419 e. The molecule has 2 heteroatoms. The summed E-state index contributed by atoms with van der Waals surface area (Å²) in [6, 6.07) is 6.37. The molecule has 2 rings (SSSR count). The third kappa shape index (κ3) is 3.03. The molecule has 0 amide bonds. The number of nitrogens with zero attached hydrogens (tertiary/aromatic N) is 1. The molecular weight excluding hydrogens is 184 g/mol. The average Bonchev–Trinajstić information content (AvgIpc) is 2.31. The molecule has 1 heterocycles. The molecule has 0 aromatic carbocycles. The van der Waals surface area contributed by atoms with Crippen molar-refractivity contribution < 1.29 is 0 Å². The largest absolute Gasteiger partial charge is 0.327 e. The van der Waals surface area contributed by atoms with Gasteiger partial charge in [-0.25, -0.2) is 0 Å². The Balaban J connectivity index is 1.88. The zero-order valence-electron chi connectivity index (χ0n) is 9.23. The number of rotatable bonds is 3. The molecule has 0 saturated heterocycles. The Morgan fingerprint density at radius 1 is 1.27 bits per heavy atom. The lowest BCUT2D eigenvalue weighted by molar-refractivity contribution is 0.302. The first-order valence-electron chi connectivity index (χ1n) is 6.02. The SMILES string of the molecule is NC(Cc1ccccn1)C1CCCCC1. The first-order chi connectivity index (χ1) is 7.36. The Morgan fingerprint density at radius 2 is 2.07 bits per heavy atom. The van der Waals surface area contributed by atoms with Crippen molar-refractivity contribution in [2.24, 2.45) is 11.7 Å². The van der Waals surface area contributed by atoms with Crippen molar-refractivity contribution in [3.05, 3.63) is 30.1 Å². The van der Waals surface area contributed by atoms with Crippen LogP contribution in [-0.2, 0) is 6.42 Å². The molecule has 1 unspecified atom stereocenters. The van der Waals surface area contributed by atoms with Crippen molar-refractivity contribution in [3.63, 3.8) is 0 Å². The quantitative estimate of drug-likeness (QED) is 0.821. The lowest BCUT2D eigenvalue weighted by Crippen LogP contribution is -2.33. The predicted octanol–water partition coefficient (Wildman–Crippen LogP) is 2.53. The Labute approximate surface area is 91.9 Å². The second kappa shape index (κ2) is 5.26. The summed E-state index contributed by atoms with van der Waals surface area (Å²) in [5, 5.41) is 0. The van der Waals surface area contributed by atoms with Gasteiger partial charge in [0.2, 0.25) is 0 Å². The highest BCUT2D eigenvalue weighted by Crippen LogP contribution is 2.26. The maximum atomic E-state index is 6.24. The number of hydrogen-bond donors (Lipinski definition) is 1. The Morgan fingerprint density at radius 3 is 2.73 bits per heavy atom. The van der Waals surface area contributed by atoms with Gasteiger partial charge in [0.15, 0.2) is 0 Å². The predicted molar refractivity (Wildman–Crippen MR) is 62.5 cm³/mol. The van der Waals surface area contributed by atoms with Crippen molar-refractivity contribution in [2.45, 2.75) is 44.6 Å². The van der Waals surface area contributed by atoms with E-state index in [2.05, 4.69) is 11.1 Å². The molecule has 1 aliphatic carbocycles. The van der Waals surface area contributed by atoms with Gasteiger partial charge >= 0.3 is 0 Å². The van der Waals surface area contributed by atoms with Gasteiger partial charge in [0.1, 0.15) is 0 Å². The maximum Gasteiger partial charge on any atom is 0.0419 e. The van der Waals surface area contributed by atoms with Crippen LogP contribution in [0.2, 0.25) is 0 Å². The van der Waals surface area contributed by atoms with Crippen LogP contribution in [0.4, 0.5) is 0 Å². The summed E-state index contributed by atoms with van der Waals surface area (Å²) in [4.78, 5) is 4.33. The van der Waals surface area contributed by atoms with Gasteiger partial charge in [-0.15, -0.1) is 0 Å². The van der Waals surface area contributed by atoms with Crippen LogP contribution in [0.1, 0.15) is 37.8 Å². The monoisotopic (exact) mass is 204 g/mol. The third-order valence-corrected chi connectivity index (χ3v) is 3.43. The fraction of sp³-hybridized carbons (Fsp3) is 0.615. The van der Waals surface area contributed by atoms with Crippen LogP contribution in [0.5, 0.6) is 0 Å². The average molecular weight is 204 g/mol. The number of aromatic nitrogens is 1. The highest BCUT2D eigenvalue weighted by atomic mass is 14.7. The van der Waals surface area contributed by atoms with Gasteiger partial charge in [-0.2, -0.15) is 0 Å². The molecule has 0 bridgehead atoms. The molecule has 1 aliphatic rings. The third-order valence-electron chi connectivity index (χ3n) is 3.43. The van der Waals surface area contributed by atoms with E-state index < -0.39 is 0 Å². The minimum absolute atomic E-state index is 0.306. The molecule has 1 fully saturated rings. The van der Waals surface area contributed by atoms with Crippen molar-refractivity contribution in [1.82, 2.24) is 4.98 Å². The Kier molecular flexibility index (Phi) is 3.73. The molecule has 15 heavy (non-hydrogen) atoms. The van der Waals surface area contributed by atoms with E-state index in [1.807, 2.05) is 18.3 Å². The van der Waals surface area contributed by atoms with E-state index in [1.165, 1.54) is 32.1 Å². The van der Waals surface area contributed by atoms with Gasteiger partial charge in [0, 0.05) is 24.4 Å². The van der Waals surface area contributed by atoms with E-state index in [0.29, 0.717) is 6.04 Å². The molecule has 82 valence electrons. The fourth-order valence-electron chi connectivity index (χ4n) is 2.49. The summed E-state index contributed by atoms with van der Waals surface area (Å²) in [6.07, 6.45) is 9.53. The van der Waals surface area contributed by atoms with E-state index >= 15 is 0 Å². The molecular formula is C13H20N2. The second-order valence-corrected chi connectivity index (χ2v) is 4.59. The van der Waals surface area contributed by atoms with Crippen LogP contribution in [0.3, 0.4) is 0 Å². The van der Waals surface area contributed by atoms with Crippen molar-refractivity contribution >= 4 is 0 Å². The summed E-state index contributed by atoms with van der Waals surface area (Å²) in [5.41, 5.74) is 7.38. The first kappa shape index (κ1) is 10.6. The van der Waals surface area contributed by atoms with Crippen molar-refractivity contribution in [3.8, 4) is 0 Å². The van der Waals surface area contributed by atoms with E-state index in [0.717, 1.165) is 18.0 Å². The molecule has 0 aliphatic heterocycles. The molecule has 0 radical (unpaired) electrons. The lowest BCUT2D eigenvalue weighted by Gasteiger charge is -2.27. The van der Waals surface area contributed by atoms with Gasteiger partial charge in [-0.05, 0) is 30.9 Å². The van der Waals surface area contributed by atoms with E-state index in [-0.39, 0.29) is 0 Å². The van der Waals surface area contributed by atoms with Crippen LogP contribution >= 0.6 is 0 Å². The first-order valence-corrected chi connectivity index (χ1v) is 6.02. The van der Waals surface area contributed by atoms with Gasteiger partial charge < -0.3 is 5.73 Å². The van der Waals surface area contributed by atoms with Gasteiger partial charge in [0.25, 0.3) is 0 Å². The van der Waals surface area contributed by atoms with Gasteiger partial charge in [0.05, 0.1) is 0 Å². The molecule has 1 saturated carbocycles. The second-order valence-electron chi connectivity index (χ2n) is 4.59. The number of hydrogen-bond acceptors (Lipinski definition) is 2. The van der Waals surface area contributed by atoms with E-state index in [1.54, 1.807) is 0 Å². The summed E-state index contributed by atoms with van der Waals surface area (Å²) < 4.78 is 0. The Bertz CT molecular complexity index is 278. The molecule has 0 spiro atoms. The van der Waals surface area contributed by atoms with Crippen molar-refractivity contribution in [2.75, 3.05) is 0 Å². The molecule has 1 aromatic rings. The molecule has 2 nitrogen and oxygen atoms in total. The fourth-order valence-corrected chi connectivity index (χ4v) is 2.49. The zero-order chi connectivity index (χ0) is 10.5. The molecule has 2 N–H and O–H groups in total. The molecule has 1 aromatic heterocycles. The highest BCUT2D eigenvalue weighted by molar-refractivity contribution is 5.05. The molecule has 1 atom stereocenters. The highest BCUT2D eigenvalue weighted by Gasteiger charge is 2.20. The zero-order valence-corrected chi connectivity index (χ0v) is 9.23. The van der Waals surface area contributed by atoms with Crippen LogP contribution in [0.15, 0.2) is 24.4 Å². The topological polar surface area (TPSA) is 38.9 Å². The van der Waals surface area contributed by atoms with Crippen LogP contribution in [0.25, 0.3) is 0 Å². The Hall–Kier alpha value is -0.890. The maximum absolute atomic E-state index is 6.24. The summed E-state index contributed by atoms with van der Waals surface area (Å²) in [7, 11) is 0. The van der Waals surface area contributed by atoms with Crippen LogP contribution in [-0.4, -0.2) is 11.0 Å². The number of nitrogens with two attached hydrogens (primary N) is 1. The van der Waals surface area contributed by atoms with Crippen molar-refractivity contribution in [1.29, 1.82) is 0 Å². The van der Waals surface area contributed by atoms with Crippen LogP contribution < -0.4 is 5.73 Å². The number of pyridine rings is 1. The summed E-state index contributed by atoms with van der Waals surface area (Å²) in [5.74, 6) is 0.723. The summed E-state index contributed by atoms with van der Waals surface area (Å²) >= 11 is 0. The standard InChI is InChI=1S/C13H20N2/c14-13(11-6-2-1-3-7-11)10-12-8-4-5-9-15-12/h4-5,8-9,11,13H,1-3,6-7,10,14H2. The van der Waals surface area contributed by atoms with Gasteiger partial charge in [-0.1, -0.05) is 25.3 Å². The van der Waals surface area contributed by atoms with Crippen LogP contribution in [0, 0.1) is 5.92 Å². The minimum atomic E-state index is 0.306. The van der Waals surface area contributed by atoms with E-state index in [9.17, 15) is 0 Å². The van der Waals surface area contributed by atoms with Gasteiger partial charge in [-0.3, -0.25) is 4.98 Å². The minimum Gasteiger partial charge on any atom is -0.327 e.